The van der Waals surface area contributed by atoms with Crippen molar-refractivity contribution in [3.63, 3.8) is 0 Å². The molecule has 4 heteroatoms. The summed E-state index contributed by atoms with van der Waals surface area (Å²) in [5, 5.41) is 2.87. The van der Waals surface area contributed by atoms with Crippen LogP contribution in [0.5, 0.6) is 0 Å². The molecule has 0 aromatic heterocycles. The monoisotopic (exact) mass is 278 g/mol. The van der Waals surface area contributed by atoms with Gasteiger partial charge in [-0.15, -0.1) is 0 Å². The number of benzene rings is 1. The van der Waals surface area contributed by atoms with Crippen molar-refractivity contribution in [3.8, 4) is 0 Å². The van der Waals surface area contributed by atoms with Crippen molar-refractivity contribution in [2.24, 2.45) is 5.92 Å². The molecule has 0 saturated carbocycles. The zero-order valence-electron chi connectivity index (χ0n) is 13.1. The topological polar surface area (TPSA) is 64.3 Å². The SMILES string of the molecule is Cc1c(N)cccc1NC(=O)C(C)OC(C)CC(C)C. The van der Waals surface area contributed by atoms with Gasteiger partial charge >= 0.3 is 0 Å². The lowest BCUT2D eigenvalue weighted by Gasteiger charge is -2.20. The summed E-state index contributed by atoms with van der Waals surface area (Å²) in [5.74, 6) is 0.408. The first kappa shape index (κ1) is 16.5. The van der Waals surface area contributed by atoms with E-state index in [2.05, 4.69) is 19.2 Å². The maximum Gasteiger partial charge on any atom is 0.253 e. The zero-order valence-corrected chi connectivity index (χ0v) is 13.1. The molecule has 20 heavy (non-hydrogen) atoms. The van der Waals surface area contributed by atoms with E-state index in [-0.39, 0.29) is 12.0 Å². The van der Waals surface area contributed by atoms with Gasteiger partial charge in [-0.25, -0.2) is 0 Å². The molecule has 1 amide bonds. The number of nitrogen functional groups attached to an aromatic ring is 1. The first-order valence-electron chi connectivity index (χ1n) is 7.12. The standard InChI is InChI=1S/C16H26N2O2/c1-10(2)9-11(3)20-13(5)16(19)18-15-8-6-7-14(17)12(15)4/h6-8,10-11,13H,9,17H2,1-5H3,(H,18,19). The first-order chi connectivity index (χ1) is 9.31. The van der Waals surface area contributed by atoms with Crippen LogP contribution in [0.3, 0.4) is 0 Å². The van der Waals surface area contributed by atoms with Gasteiger partial charge in [0.05, 0.1) is 6.10 Å². The van der Waals surface area contributed by atoms with E-state index in [0.29, 0.717) is 11.6 Å². The highest BCUT2D eigenvalue weighted by atomic mass is 16.5. The van der Waals surface area contributed by atoms with Crippen LogP contribution in [-0.4, -0.2) is 18.1 Å². The van der Waals surface area contributed by atoms with Crippen molar-refractivity contribution < 1.29 is 9.53 Å². The van der Waals surface area contributed by atoms with E-state index in [1.54, 1.807) is 6.92 Å². The minimum Gasteiger partial charge on any atom is -0.398 e. The summed E-state index contributed by atoms with van der Waals surface area (Å²) in [5.41, 5.74) is 8.11. The fourth-order valence-electron chi connectivity index (χ4n) is 2.15. The number of anilines is 2. The molecule has 0 aliphatic carbocycles. The second-order valence-electron chi connectivity index (χ2n) is 5.73. The van der Waals surface area contributed by atoms with Gasteiger partial charge in [-0.05, 0) is 50.8 Å². The predicted molar refractivity (Wildman–Crippen MR) is 83.7 cm³/mol. The molecule has 4 nitrogen and oxygen atoms in total. The van der Waals surface area contributed by atoms with Gasteiger partial charge < -0.3 is 15.8 Å². The lowest BCUT2D eigenvalue weighted by Crippen LogP contribution is -2.31. The van der Waals surface area contributed by atoms with Crippen LogP contribution in [0.4, 0.5) is 11.4 Å². The smallest absolute Gasteiger partial charge is 0.253 e. The van der Waals surface area contributed by atoms with Gasteiger partial charge in [-0.1, -0.05) is 19.9 Å². The van der Waals surface area contributed by atoms with Crippen molar-refractivity contribution in [1.82, 2.24) is 0 Å². The second kappa shape index (κ2) is 7.29. The molecule has 0 spiro atoms. The first-order valence-corrected chi connectivity index (χ1v) is 7.12. The van der Waals surface area contributed by atoms with E-state index in [4.69, 9.17) is 10.5 Å². The highest BCUT2D eigenvalue weighted by molar-refractivity contribution is 5.95. The van der Waals surface area contributed by atoms with E-state index in [1.807, 2.05) is 32.0 Å². The summed E-state index contributed by atoms with van der Waals surface area (Å²) in [4.78, 5) is 12.1. The number of nitrogens with one attached hydrogen (secondary N) is 1. The third kappa shape index (κ3) is 4.85. The quantitative estimate of drug-likeness (QED) is 0.784. The zero-order chi connectivity index (χ0) is 15.3. The fourth-order valence-corrected chi connectivity index (χ4v) is 2.15. The largest absolute Gasteiger partial charge is 0.398 e. The Kier molecular flexibility index (Phi) is 6.02. The van der Waals surface area contributed by atoms with Crippen LogP contribution in [0.25, 0.3) is 0 Å². The maximum absolute atomic E-state index is 12.1. The number of nitrogens with two attached hydrogens (primary N) is 1. The Labute approximate surface area is 121 Å². The third-order valence-electron chi connectivity index (χ3n) is 3.24. The molecule has 1 rings (SSSR count). The maximum atomic E-state index is 12.1. The molecule has 2 unspecified atom stereocenters. The summed E-state index contributed by atoms with van der Waals surface area (Å²) < 4.78 is 5.72. The summed E-state index contributed by atoms with van der Waals surface area (Å²) in [6.07, 6.45) is 0.525. The van der Waals surface area contributed by atoms with E-state index < -0.39 is 6.10 Å². The molecule has 1 aromatic rings. The Morgan fingerprint density at radius 2 is 1.95 bits per heavy atom. The number of hydrogen-bond donors (Lipinski definition) is 2. The summed E-state index contributed by atoms with van der Waals surface area (Å²) in [7, 11) is 0. The van der Waals surface area contributed by atoms with Gasteiger partial charge in [0.1, 0.15) is 6.10 Å². The number of rotatable bonds is 6. The van der Waals surface area contributed by atoms with E-state index in [0.717, 1.165) is 17.7 Å². The average molecular weight is 278 g/mol. The number of amides is 1. The minimum absolute atomic E-state index is 0.0673. The van der Waals surface area contributed by atoms with Gasteiger partial charge in [-0.3, -0.25) is 4.79 Å². The number of hydrogen-bond acceptors (Lipinski definition) is 3. The number of carbonyl (C=O) groups excluding carboxylic acids is 1. The normalized spacial score (nSPS) is 14.1. The van der Waals surface area contributed by atoms with Gasteiger partial charge in [0, 0.05) is 11.4 Å². The molecule has 0 radical (unpaired) electrons. The Balaban J connectivity index is 2.60. The van der Waals surface area contributed by atoms with Crippen LogP contribution < -0.4 is 11.1 Å². The van der Waals surface area contributed by atoms with Crippen molar-refractivity contribution in [2.75, 3.05) is 11.1 Å². The molecule has 3 N–H and O–H groups in total. The summed E-state index contributed by atoms with van der Waals surface area (Å²) in [6.45, 7) is 9.93. The van der Waals surface area contributed by atoms with Crippen LogP contribution in [0.1, 0.15) is 39.7 Å². The van der Waals surface area contributed by atoms with Crippen molar-refractivity contribution in [3.05, 3.63) is 23.8 Å². The van der Waals surface area contributed by atoms with Crippen molar-refractivity contribution in [1.29, 1.82) is 0 Å². The van der Waals surface area contributed by atoms with Gasteiger partial charge in [0.15, 0.2) is 0 Å². The number of carbonyl (C=O) groups is 1. The Bertz CT molecular complexity index is 458. The molecule has 0 bridgehead atoms. The van der Waals surface area contributed by atoms with Crippen LogP contribution in [0.2, 0.25) is 0 Å². The Morgan fingerprint density at radius 3 is 2.55 bits per heavy atom. The van der Waals surface area contributed by atoms with Crippen LogP contribution in [0.15, 0.2) is 18.2 Å². The van der Waals surface area contributed by atoms with Gasteiger partial charge in [-0.2, -0.15) is 0 Å². The Hall–Kier alpha value is -1.55. The van der Waals surface area contributed by atoms with Crippen molar-refractivity contribution >= 4 is 17.3 Å². The van der Waals surface area contributed by atoms with Crippen LogP contribution in [0, 0.1) is 12.8 Å². The lowest BCUT2D eigenvalue weighted by atomic mass is 10.1. The lowest BCUT2D eigenvalue weighted by molar-refractivity contribution is -0.129. The third-order valence-corrected chi connectivity index (χ3v) is 3.24. The van der Waals surface area contributed by atoms with E-state index in [1.165, 1.54) is 0 Å². The highest BCUT2D eigenvalue weighted by Crippen LogP contribution is 2.21. The van der Waals surface area contributed by atoms with Crippen LogP contribution >= 0.6 is 0 Å². The molecule has 0 saturated heterocycles. The molecule has 112 valence electrons. The molecule has 0 heterocycles. The number of ether oxygens (including phenoxy) is 1. The van der Waals surface area contributed by atoms with Crippen LogP contribution in [-0.2, 0) is 9.53 Å². The summed E-state index contributed by atoms with van der Waals surface area (Å²) >= 11 is 0. The minimum atomic E-state index is -0.482. The van der Waals surface area contributed by atoms with E-state index in [9.17, 15) is 4.79 Å². The summed E-state index contributed by atoms with van der Waals surface area (Å²) in [6, 6.07) is 5.48. The van der Waals surface area contributed by atoms with Gasteiger partial charge in [0.2, 0.25) is 0 Å². The predicted octanol–water partition coefficient (Wildman–Crippen LogP) is 3.36. The van der Waals surface area contributed by atoms with Crippen molar-refractivity contribution in [2.45, 2.75) is 53.2 Å². The Morgan fingerprint density at radius 1 is 1.30 bits per heavy atom. The molecule has 0 aliphatic rings. The average Bonchev–Trinajstić information content (AvgIpc) is 2.33. The molecule has 1 aromatic carbocycles. The molecule has 2 atom stereocenters. The molecular weight excluding hydrogens is 252 g/mol. The molecule has 0 fully saturated rings. The molecule has 0 aliphatic heterocycles. The van der Waals surface area contributed by atoms with Gasteiger partial charge in [0.25, 0.3) is 5.91 Å². The molecular formula is C16H26N2O2. The van der Waals surface area contributed by atoms with E-state index >= 15 is 0 Å². The fraction of sp³-hybridized carbons (Fsp3) is 0.562. The second-order valence-corrected chi connectivity index (χ2v) is 5.73. The highest BCUT2D eigenvalue weighted by Gasteiger charge is 2.18.